The third kappa shape index (κ3) is 3.78. The quantitative estimate of drug-likeness (QED) is 0.645. The smallest absolute Gasteiger partial charge is 0.229 e. The maximum atomic E-state index is 5.90. The molecule has 0 fully saturated rings. The zero-order valence-corrected chi connectivity index (χ0v) is 14.0. The van der Waals surface area contributed by atoms with E-state index in [4.69, 9.17) is 20.9 Å². The molecule has 0 amide bonds. The van der Waals surface area contributed by atoms with Gasteiger partial charge in [0.1, 0.15) is 11.4 Å². The number of ether oxygens (including phenoxy) is 1. The molecule has 0 aliphatic rings. The molecule has 0 atom stereocenters. The molecule has 0 aliphatic heterocycles. The Hall–Kier alpha value is -2.72. The molecule has 0 bridgehead atoms. The first-order chi connectivity index (χ1) is 11.7. The first kappa shape index (κ1) is 16.1. The largest absolute Gasteiger partial charge is 0.494 e. The number of benzene rings is 2. The highest BCUT2D eigenvalue weighted by Gasteiger charge is 2.08. The van der Waals surface area contributed by atoms with Gasteiger partial charge in [-0.15, -0.1) is 0 Å². The van der Waals surface area contributed by atoms with Crippen LogP contribution in [0.25, 0.3) is 17.0 Å². The number of aromatic nitrogens is 1. The molecule has 0 unspecified atom stereocenters. The lowest BCUT2D eigenvalue weighted by atomic mass is 10.1. The Balaban J connectivity index is 1.73. The molecule has 122 valence electrons. The van der Waals surface area contributed by atoms with Crippen molar-refractivity contribution in [3.63, 3.8) is 0 Å². The van der Waals surface area contributed by atoms with Gasteiger partial charge in [0.15, 0.2) is 0 Å². The van der Waals surface area contributed by atoms with Gasteiger partial charge in [0, 0.05) is 27.9 Å². The zero-order valence-electron chi connectivity index (χ0n) is 13.3. The van der Waals surface area contributed by atoms with Crippen LogP contribution in [0.5, 0.6) is 5.75 Å². The lowest BCUT2D eigenvalue weighted by molar-refractivity contribution is 0.340. The van der Waals surface area contributed by atoms with Crippen molar-refractivity contribution in [1.82, 2.24) is 5.16 Å². The number of hydrogen-bond donors (Lipinski definition) is 1. The van der Waals surface area contributed by atoms with Gasteiger partial charge >= 0.3 is 0 Å². The molecule has 5 heteroatoms. The van der Waals surface area contributed by atoms with Crippen LogP contribution in [0.15, 0.2) is 65.7 Å². The maximum absolute atomic E-state index is 5.90. The van der Waals surface area contributed by atoms with Crippen LogP contribution in [0.3, 0.4) is 0 Å². The van der Waals surface area contributed by atoms with Gasteiger partial charge in [-0.05, 0) is 31.2 Å². The van der Waals surface area contributed by atoms with Crippen LogP contribution in [-0.2, 0) is 0 Å². The summed E-state index contributed by atoms with van der Waals surface area (Å²) >= 11 is 5.90. The highest BCUT2D eigenvalue weighted by atomic mass is 35.5. The first-order valence-electron chi connectivity index (χ1n) is 7.57. The summed E-state index contributed by atoms with van der Waals surface area (Å²) in [6.45, 7) is 6.62. The molecule has 2 aromatic carbocycles. The van der Waals surface area contributed by atoms with Crippen molar-refractivity contribution in [1.29, 1.82) is 0 Å². The standard InChI is InChI=1S/C19H17ClN2O2/c1-3-23-17-6-4-5-15(11-17)13(2)21-19-12-18(22-24-19)14-7-9-16(20)10-8-14/h4-12,21H,2-3H2,1H3. The van der Waals surface area contributed by atoms with Gasteiger partial charge in [-0.3, -0.25) is 0 Å². The molecular weight excluding hydrogens is 324 g/mol. The molecule has 24 heavy (non-hydrogen) atoms. The molecule has 3 rings (SSSR count). The average molecular weight is 341 g/mol. The summed E-state index contributed by atoms with van der Waals surface area (Å²) in [7, 11) is 0. The Labute approximate surface area is 145 Å². The van der Waals surface area contributed by atoms with Crippen LogP contribution in [0, 0.1) is 0 Å². The predicted octanol–water partition coefficient (Wildman–Crippen LogP) is 5.48. The Kier molecular flexibility index (Phi) is 4.87. The van der Waals surface area contributed by atoms with Gasteiger partial charge in [0.2, 0.25) is 5.88 Å². The van der Waals surface area contributed by atoms with E-state index in [-0.39, 0.29) is 0 Å². The molecule has 1 N–H and O–H groups in total. The highest BCUT2D eigenvalue weighted by molar-refractivity contribution is 6.30. The Bertz CT molecular complexity index is 841. The minimum atomic E-state index is 0.520. The van der Waals surface area contributed by atoms with Crippen LogP contribution in [0.2, 0.25) is 5.02 Å². The monoisotopic (exact) mass is 340 g/mol. The lowest BCUT2D eigenvalue weighted by Crippen LogP contribution is -1.97. The first-order valence-corrected chi connectivity index (χ1v) is 7.95. The van der Waals surface area contributed by atoms with E-state index in [1.807, 2.05) is 61.5 Å². The van der Waals surface area contributed by atoms with Crippen LogP contribution < -0.4 is 10.1 Å². The van der Waals surface area contributed by atoms with Gasteiger partial charge < -0.3 is 14.6 Å². The molecular formula is C19H17ClN2O2. The minimum Gasteiger partial charge on any atom is -0.494 e. The van der Waals surface area contributed by atoms with E-state index in [0.717, 1.165) is 22.6 Å². The summed E-state index contributed by atoms with van der Waals surface area (Å²) in [5.41, 5.74) is 3.28. The predicted molar refractivity (Wildman–Crippen MR) is 97.2 cm³/mol. The molecule has 0 saturated heterocycles. The number of nitrogens with one attached hydrogen (secondary N) is 1. The van der Waals surface area contributed by atoms with E-state index in [1.165, 1.54) is 0 Å². The second-order valence-electron chi connectivity index (χ2n) is 5.15. The van der Waals surface area contributed by atoms with E-state index < -0.39 is 0 Å². The number of halogens is 1. The van der Waals surface area contributed by atoms with Crippen LogP contribution in [0.1, 0.15) is 12.5 Å². The van der Waals surface area contributed by atoms with Crippen molar-refractivity contribution in [2.24, 2.45) is 0 Å². The van der Waals surface area contributed by atoms with E-state index in [0.29, 0.717) is 23.2 Å². The summed E-state index contributed by atoms with van der Waals surface area (Å²) in [4.78, 5) is 0. The van der Waals surface area contributed by atoms with Gasteiger partial charge in [-0.25, -0.2) is 0 Å². The normalized spacial score (nSPS) is 10.4. The molecule has 1 heterocycles. The summed E-state index contributed by atoms with van der Waals surface area (Å²) in [6.07, 6.45) is 0. The second-order valence-corrected chi connectivity index (χ2v) is 5.58. The van der Waals surface area contributed by atoms with Crippen molar-refractivity contribution in [3.8, 4) is 17.0 Å². The Morgan fingerprint density at radius 3 is 2.75 bits per heavy atom. The summed E-state index contributed by atoms with van der Waals surface area (Å²) in [6, 6.07) is 17.0. The molecule has 0 radical (unpaired) electrons. The fourth-order valence-electron chi connectivity index (χ4n) is 2.25. The maximum Gasteiger partial charge on any atom is 0.229 e. The highest BCUT2D eigenvalue weighted by Crippen LogP contribution is 2.26. The van der Waals surface area contributed by atoms with Crippen molar-refractivity contribution in [2.45, 2.75) is 6.92 Å². The third-order valence-electron chi connectivity index (χ3n) is 3.42. The van der Waals surface area contributed by atoms with Crippen molar-refractivity contribution in [2.75, 3.05) is 11.9 Å². The molecule has 0 saturated carbocycles. The molecule has 0 spiro atoms. The second kappa shape index (κ2) is 7.23. The average Bonchev–Trinajstić information content (AvgIpc) is 3.04. The number of nitrogens with zero attached hydrogens (tertiary/aromatic N) is 1. The minimum absolute atomic E-state index is 0.520. The van der Waals surface area contributed by atoms with E-state index in [1.54, 1.807) is 0 Å². The zero-order chi connectivity index (χ0) is 16.9. The fraction of sp³-hybridized carbons (Fsp3) is 0.105. The van der Waals surface area contributed by atoms with Gasteiger partial charge in [-0.2, -0.15) is 0 Å². The summed E-state index contributed by atoms with van der Waals surface area (Å²) < 4.78 is 10.8. The topological polar surface area (TPSA) is 47.3 Å². The van der Waals surface area contributed by atoms with Crippen molar-refractivity contribution in [3.05, 3.63) is 71.8 Å². The van der Waals surface area contributed by atoms with Gasteiger partial charge in [-0.1, -0.05) is 47.6 Å². The lowest BCUT2D eigenvalue weighted by Gasteiger charge is -2.08. The van der Waals surface area contributed by atoms with E-state index >= 15 is 0 Å². The van der Waals surface area contributed by atoms with Crippen molar-refractivity contribution < 1.29 is 9.26 Å². The van der Waals surface area contributed by atoms with Crippen molar-refractivity contribution >= 4 is 23.2 Å². The van der Waals surface area contributed by atoms with Crippen LogP contribution in [0.4, 0.5) is 5.88 Å². The van der Waals surface area contributed by atoms with Gasteiger partial charge in [0.25, 0.3) is 0 Å². The SMILES string of the molecule is C=C(Nc1cc(-c2ccc(Cl)cc2)no1)c1cccc(OCC)c1. The van der Waals surface area contributed by atoms with E-state index in [9.17, 15) is 0 Å². The van der Waals surface area contributed by atoms with Crippen LogP contribution in [-0.4, -0.2) is 11.8 Å². The molecule has 0 aliphatic carbocycles. The third-order valence-corrected chi connectivity index (χ3v) is 3.67. The van der Waals surface area contributed by atoms with Crippen LogP contribution >= 0.6 is 11.6 Å². The number of rotatable bonds is 6. The molecule has 4 nitrogen and oxygen atoms in total. The summed E-state index contributed by atoms with van der Waals surface area (Å²) in [5, 5.41) is 7.87. The Morgan fingerprint density at radius 1 is 1.21 bits per heavy atom. The number of anilines is 1. The van der Waals surface area contributed by atoms with E-state index in [2.05, 4.69) is 17.1 Å². The Morgan fingerprint density at radius 2 is 2.00 bits per heavy atom. The number of hydrogen-bond acceptors (Lipinski definition) is 4. The van der Waals surface area contributed by atoms with Gasteiger partial charge in [0.05, 0.1) is 6.61 Å². The molecule has 3 aromatic rings. The fourth-order valence-corrected chi connectivity index (χ4v) is 2.38. The summed E-state index contributed by atoms with van der Waals surface area (Å²) in [5.74, 6) is 1.32. The molecule has 1 aromatic heterocycles.